The number of hydrogen-bond acceptors (Lipinski definition) is 3. The third-order valence-electron chi connectivity index (χ3n) is 4.63. The summed E-state index contributed by atoms with van der Waals surface area (Å²) in [5.74, 6) is 0.802. The molecule has 0 amide bonds. The SMILES string of the molecule is CC(C)[Si](OCCCOc1ccc(C=O)cc1)(C(C)C)C(C)C. The second-order valence-electron chi connectivity index (χ2n) is 7.06. The topological polar surface area (TPSA) is 35.5 Å². The fourth-order valence-corrected chi connectivity index (χ4v) is 9.14. The summed E-state index contributed by atoms with van der Waals surface area (Å²) in [7, 11) is -1.76. The van der Waals surface area contributed by atoms with Crippen LogP contribution in [0.1, 0.15) is 58.3 Å². The van der Waals surface area contributed by atoms with Crippen LogP contribution in [0.25, 0.3) is 0 Å². The first-order valence-electron chi connectivity index (χ1n) is 8.66. The van der Waals surface area contributed by atoms with Crippen molar-refractivity contribution >= 4 is 14.6 Å². The second kappa shape index (κ2) is 9.23. The highest BCUT2D eigenvalue weighted by Crippen LogP contribution is 2.42. The van der Waals surface area contributed by atoms with Crippen LogP contribution in [-0.2, 0) is 4.43 Å². The zero-order valence-corrected chi connectivity index (χ0v) is 16.5. The molecule has 0 aromatic heterocycles. The normalized spacial score (nSPS) is 12.2. The smallest absolute Gasteiger partial charge is 0.200 e. The van der Waals surface area contributed by atoms with Crippen LogP contribution in [0.4, 0.5) is 0 Å². The van der Waals surface area contributed by atoms with Crippen molar-refractivity contribution < 1.29 is 14.0 Å². The molecule has 1 rings (SSSR count). The number of carbonyl (C=O) groups is 1. The number of aldehydes is 1. The Labute approximate surface area is 142 Å². The van der Waals surface area contributed by atoms with Crippen LogP contribution >= 0.6 is 0 Å². The van der Waals surface area contributed by atoms with Crippen molar-refractivity contribution in [2.75, 3.05) is 13.2 Å². The minimum Gasteiger partial charge on any atom is -0.494 e. The molecule has 0 saturated carbocycles. The van der Waals surface area contributed by atoms with Gasteiger partial charge in [-0.2, -0.15) is 0 Å². The van der Waals surface area contributed by atoms with Gasteiger partial charge in [-0.25, -0.2) is 0 Å². The Kier molecular flexibility index (Phi) is 7.99. The number of ether oxygens (including phenoxy) is 1. The Hall–Kier alpha value is -1.13. The largest absolute Gasteiger partial charge is 0.494 e. The average Bonchev–Trinajstić information content (AvgIpc) is 2.50. The van der Waals surface area contributed by atoms with Crippen LogP contribution < -0.4 is 4.74 Å². The Morgan fingerprint density at radius 2 is 1.43 bits per heavy atom. The first-order valence-corrected chi connectivity index (χ1v) is 10.8. The van der Waals surface area contributed by atoms with Gasteiger partial charge in [0.15, 0.2) is 8.32 Å². The highest BCUT2D eigenvalue weighted by atomic mass is 28.4. The third-order valence-corrected chi connectivity index (χ3v) is 10.8. The molecule has 0 bridgehead atoms. The van der Waals surface area contributed by atoms with Crippen molar-refractivity contribution in [1.29, 1.82) is 0 Å². The maximum atomic E-state index is 10.6. The summed E-state index contributed by atoms with van der Waals surface area (Å²) in [6, 6.07) is 7.21. The van der Waals surface area contributed by atoms with Crippen LogP contribution in [0.3, 0.4) is 0 Å². The van der Waals surface area contributed by atoms with Crippen molar-refractivity contribution in [3.8, 4) is 5.75 Å². The molecular formula is C19H32O3Si. The number of benzene rings is 1. The fraction of sp³-hybridized carbons (Fsp3) is 0.632. The van der Waals surface area contributed by atoms with Gasteiger partial charge in [0.25, 0.3) is 0 Å². The summed E-state index contributed by atoms with van der Waals surface area (Å²) in [4.78, 5) is 10.6. The second-order valence-corrected chi connectivity index (χ2v) is 12.5. The fourth-order valence-electron chi connectivity index (χ4n) is 3.64. The lowest BCUT2D eigenvalue weighted by Gasteiger charge is -2.42. The van der Waals surface area contributed by atoms with Gasteiger partial charge in [-0.3, -0.25) is 4.79 Å². The molecule has 3 nitrogen and oxygen atoms in total. The van der Waals surface area contributed by atoms with Crippen LogP contribution in [0.2, 0.25) is 16.6 Å². The zero-order valence-electron chi connectivity index (χ0n) is 15.5. The van der Waals surface area contributed by atoms with Gasteiger partial charge in [0, 0.05) is 18.6 Å². The van der Waals surface area contributed by atoms with Crippen LogP contribution in [0, 0.1) is 0 Å². The summed E-state index contributed by atoms with van der Waals surface area (Å²) < 4.78 is 12.2. The molecule has 23 heavy (non-hydrogen) atoms. The van der Waals surface area contributed by atoms with E-state index in [-0.39, 0.29) is 0 Å². The maximum Gasteiger partial charge on any atom is 0.200 e. The van der Waals surface area contributed by atoms with Gasteiger partial charge in [-0.15, -0.1) is 0 Å². The molecule has 0 heterocycles. The minimum atomic E-state index is -1.76. The highest BCUT2D eigenvalue weighted by molar-refractivity contribution is 6.77. The predicted octanol–water partition coefficient (Wildman–Crippen LogP) is 5.46. The first-order chi connectivity index (χ1) is 10.8. The molecule has 1 aromatic carbocycles. The zero-order chi connectivity index (χ0) is 17.5. The van der Waals surface area contributed by atoms with Gasteiger partial charge in [-0.05, 0) is 40.9 Å². The van der Waals surface area contributed by atoms with E-state index in [1.54, 1.807) is 12.1 Å². The molecule has 0 fully saturated rings. The molecule has 130 valence electrons. The number of rotatable bonds is 10. The lowest BCUT2D eigenvalue weighted by Crippen LogP contribution is -2.48. The average molecular weight is 337 g/mol. The van der Waals surface area contributed by atoms with Crippen LogP contribution in [0.5, 0.6) is 5.75 Å². The Balaban J connectivity index is 2.46. The number of carbonyl (C=O) groups excluding carboxylic acids is 1. The van der Waals surface area contributed by atoms with E-state index >= 15 is 0 Å². The van der Waals surface area contributed by atoms with Gasteiger partial charge in [-0.1, -0.05) is 41.5 Å². The molecule has 0 radical (unpaired) electrons. The summed E-state index contributed by atoms with van der Waals surface area (Å²) in [5, 5.41) is 0. The predicted molar refractivity (Wildman–Crippen MR) is 98.9 cm³/mol. The van der Waals surface area contributed by atoms with Crippen molar-refractivity contribution in [3.05, 3.63) is 29.8 Å². The summed E-state index contributed by atoms with van der Waals surface area (Å²) in [5.41, 5.74) is 2.50. The van der Waals surface area contributed by atoms with E-state index in [1.807, 2.05) is 12.1 Å². The standard InChI is InChI=1S/C19H32O3Si/c1-15(2)23(16(3)4,17(5)6)22-13-7-12-21-19-10-8-18(14-20)9-11-19/h8-11,14-17H,7,12-13H2,1-6H3. The van der Waals surface area contributed by atoms with E-state index in [9.17, 15) is 4.79 Å². The molecule has 0 aliphatic rings. The maximum absolute atomic E-state index is 10.6. The van der Waals surface area contributed by atoms with Crippen molar-refractivity contribution in [2.24, 2.45) is 0 Å². The number of hydrogen-bond donors (Lipinski definition) is 0. The van der Waals surface area contributed by atoms with E-state index in [0.29, 0.717) is 28.8 Å². The lowest BCUT2D eigenvalue weighted by atomic mass is 10.2. The van der Waals surface area contributed by atoms with Gasteiger partial charge < -0.3 is 9.16 Å². The first kappa shape index (κ1) is 19.9. The van der Waals surface area contributed by atoms with E-state index in [2.05, 4.69) is 41.5 Å². The summed E-state index contributed by atoms with van der Waals surface area (Å²) >= 11 is 0. The van der Waals surface area contributed by atoms with E-state index in [4.69, 9.17) is 9.16 Å². The molecule has 0 aliphatic carbocycles. The molecule has 0 aliphatic heterocycles. The molecule has 4 heteroatoms. The van der Waals surface area contributed by atoms with Gasteiger partial charge >= 0.3 is 0 Å². The molecular weight excluding hydrogens is 304 g/mol. The van der Waals surface area contributed by atoms with E-state index in [1.165, 1.54) is 0 Å². The molecule has 0 spiro atoms. The third kappa shape index (κ3) is 5.18. The Morgan fingerprint density at radius 1 is 0.913 bits per heavy atom. The van der Waals surface area contributed by atoms with Gasteiger partial charge in [0.2, 0.25) is 0 Å². The lowest BCUT2D eigenvalue weighted by molar-refractivity contribution is 0.112. The Morgan fingerprint density at radius 3 is 1.87 bits per heavy atom. The quantitative estimate of drug-likeness (QED) is 0.323. The molecule has 0 atom stereocenters. The Bertz CT molecular complexity index is 444. The molecule has 0 unspecified atom stereocenters. The summed E-state index contributed by atoms with van der Waals surface area (Å²) in [6.07, 6.45) is 1.72. The monoisotopic (exact) mass is 336 g/mol. The van der Waals surface area contributed by atoms with Gasteiger partial charge in [0.1, 0.15) is 12.0 Å². The van der Waals surface area contributed by atoms with E-state index < -0.39 is 8.32 Å². The van der Waals surface area contributed by atoms with Gasteiger partial charge in [0.05, 0.1) is 6.61 Å². The van der Waals surface area contributed by atoms with Crippen molar-refractivity contribution in [2.45, 2.75) is 64.6 Å². The minimum absolute atomic E-state index is 0.610. The van der Waals surface area contributed by atoms with E-state index in [0.717, 1.165) is 25.1 Å². The summed E-state index contributed by atoms with van der Waals surface area (Å²) in [6.45, 7) is 15.2. The molecule has 0 saturated heterocycles. The molecule has 1 aromatic rings. The van der Waals surface area contributed by atoms with Crippen LogP contribution in [-0.4, -0.2) is 27.8 Å². The molecule has 0 N–H and O–H groups in total. The van der Waals surface area contributed by atoms with Crippen molar-refractivity contribution in [1.82, 2.24) is 0 Å². The van der Waals surface area contributed by atoms with Crippen molar-refractivity contribution in [3.63, 3.8) is 0 Å². The highest BCUT2D eigenvalue weighted by Gasteiger charge is 2.44. The van der Waals surface area contributed by atoms with Crippen LogP contribution in [0.15, 0.2) is 24.3 Å².